The first kappa shape index (κ1) is 8.96. The monoisotopic (exact) mass is 261 g/mol. The fourth-order valence-corrected chi connectivity index (χ4v) is 2.51. The van der Waals surface area contributed by atoms with Gasteiger partial charge in [-0.2, -0.15) is 0 Å². The number of rotatable bonds is 3. The first-order valence-corrected chi connectivity index (χ1v) is 6.52. The van der Waals surface area contributed by atoms with E-state index >= 15 is 0 Å². The molecule has 0 nitrogen and oxygen atoms in total. The maximum atomic E-state index is 7.94. The van der Waals surface area contributed by atoms with Crippen molar-refractivity contribution >= 4 is 25.5 Å². The van der Waals surface area contributed by atoms with E-state index < -0.39 is 0 Å². The summed E-state index contributed by atoms with van der Waals surface area (Å²) >= 11 is 0.108. The molecule has 1 heteroatoms. The molecule has 0 aliphatic rings. The van der Waals surface area contributed by atoms with Crippen LogP contribution in [-0.2, 0) is 0 Å². The molecule has 2 rings (SSSR count). The van der Waals surface area contributed by atoms with E-state index in [4.69, 9.17) is 1.37 Å². The van der Waals surface area contributed by atoms with Gasteiger partial charge in [0.05, 0.1) is 0 Å². The van der Waals surface area contributed by atoms with E-state index in [1.807, 2.05) is 54.6 Å². The predicted molar refractivity (Wildman–Crippen MR) is 67.3 cm³/mol. The van der Waals surface area contributed by atoms with Gasteiger partial charge in [0.25, 0.3) is 0 Å². The van der Waals surface area contributed by atoms with Gasteiger partial charge in [-0.05, 0) is 0 Å². The molecule has 0 fully saturated rings. The van der Waals surface area contributed by atoms with Gasteiger partial charge in [0.2, 0.25) is 0 Å². The Morgan fingerprint density at radius 2 is 1.47 bits per heavy atom. The van der Waals surface area contributed by atoms with Crippen LogP contribution in [0.3, 0.4) is 0 Å². The van der Waals surface area contributed by atoms with E-state index in [1.165, 1.54) is 4.46 Å². The second-order valence-electron chi connectivity index (χ2n) is 3.09. The summed E-state index contributed by atoms with van der Waals surface area (Å²) in [4.78, 5) is 0.699. The molecule has 2 aromatic carbocycles. The first-order chi connectivity index (χ1) is 7.84. The van der Waals surface area contributed by atoms with Crippen molar-refractivity contribution < 1.29 is 1.37 Å². The molecule has 0 atom stereocenters. The standard InChI is InChI=1S/C14H12Se/c1-3-7-13(8-4-1)11-12-15-14-9-5-2-6-10-14/h1-12H/b12-11+/i12D. The number of hydrogen-bond acceptors (Lipinski definition) is 0. The quantitative estimate of drug-likeness (QED) is 0.744. The first-order valence-electron chi connectivity index (χ1n) is 5.31. The van der Waals surface area contributed by atoms with Gasteiger partial charge in [-0.25, -0.2) is 0 Å². The topological polar surface area (TPSA) is 0 Å². The van der Waals surface area contributed by atoms with Crippen molar-refractivity contribution in [3.05, 3.63) is 71.2 Å². The summed E-state index contributed by atoms with van der Waals surface area (Å²) in [5.74, 6) is 0. The molecule has 0 unspecified atom stereocenters. The molecule has 0 aromatic heterocycles. The van der Waals surface area contributed by atoms with Crippen LogP contribution in [-0.4, -0.2) is 15.0 Å². The van der Waals surface area contributed by atoms with E-state index in [2.05, 4.69) is 12.1 Å². The maximum absolute atomic E-state index is 7.94. The molecule has 2 aromatic rings. The Labute approximate surface area is 98.2 Å². The summed E-state index contributed by atoms with van der Waals surface area (Å²) in [6, 6.07) is 20.2. The van der Waals surface area contributed by atoms with Crippen LogP contribution in [0.1, 0.15) is 6.93 Å². The van der Waals surface area contributed by atoms with Crippen molar-refractivity contribution in [2.45, 2.75) is 0 Å². The van der Waals surface area contributed by atoms with Gasteiger partial charge in [-0.1, -0.05) is 0 Å². The Balaban J connectivity index is 2.09. The van der Waals surface area contributed by atoms with E-state index in [-0.39, 0.29) is 15.0 Å². The number of benzene rings is 2. The molecule has 0 spiro atoms. The Morgan fingerprint density at radius 1 is 0.867 bits per heavy atom. The van der Waals surface area contributed by atoms with Gasteiger partial charge in [0.1, 0.15) is 0 Å². The fraction of sp³-hybridized carbons (Fsp3) is 0. The second-order valence-corrected chi connectivity index (χ2v) is 5.00. The van der Waals surface area contributed by atoms with Crippen molar-refractivity contribution in [1.82, 2.24) is 0 Å². The van der Waals surface area contributed by atoms with Gasteiger partial charge in [-0.3, -0.25) is 0 Å². The predicted octanol–water partition coefficient (Wildman–Crippen LogP) is 2.69. The molecule has 0 aliphatic heterocycles. The SMILES string of the molecule is [2H]/C(=C\c1ccccc1)[Se]c1ccccc1. The van der Waals surface area contributed by atoms with Crippen molar-refractivity contribution in [2.75, 3.05) is 0 Å². The summed E-state index contributed by atoms with van der Waals surface area (Å²) in [5, 5.41) is 0. The molecular formula is C14H12Se. The Hall–Kier alpha value is -1.30. The zero-order valence-electron chi connectivity index (χ0n) is 9.26. The van der Waals surface area contributed by atoms with Crippen LogP contribution >= 0.6 is 0 Å². The normalized spacial score (nSPS) is 12.3. The Kier molecular flexibility index (Phi) is 3.32. The van der Waals surface area contributed by atoms with Crippen molar-refractivity contribution in [2.24, 2.45) is 0 Å². The molecule has 0 saturated heterocycles. The van der Waals surface area contributed by atoms with Crippen LogP contribution in [0.15, 0.2) is 65.6 Å². The zero-order valence-corrected chi connectivity index (χ0v) is 9.97. The molecule has 0 saturated carbocycles. The van der Waals surface area contributed by atoms with E-state index in [1.54, 1.807) is 0 Å². The fourth-order valence-electron chi connectivity index (χ4n) is 1.20. The molecule has 0 heterocycles. The third-order valence-corrected chi connectivity index (χ3v) is 3.51. The Bertz CT molecular complexity index is 463. The zero-order chi connectivity index (χ0) is 11.2. The van der Waals surface area contributed by atoms with E-state index in [0.29, 0.717) is 4.95 Å². The summed E-state index contributed by atoms with van der Waals surface area (Å²) in [6.07, 6.45) is 1.94. The minimum atomic E-state index is 0.108. The van der Waals surface area contributed by atoms with Crippen LogP contribution in [0.4, 0.5) is 0 Å². The summed E-state index contributed by atoms with van der Waals surface area (Å²) in [6.45, 7) is 0. The summed E-state index contributed by atoms with van der Waals surface area (Å²) < 4.78 is 9.18. The minimum absolute atomic E-state index is 0.108. The summed E-state index contributed by atoms with van der Waals surface area (Å²) in [5.41, 5.74) is 1.10. The van der Waals surface area contributed by atoms with E-state index in [9.17, 15) is 0 Å². The van der Waals surface area contributed by atoms with Gasteiger partial charge < -0.3 is 0 Å². The molecule has 0 aliphatic carbocycles. The molecule has 0 N–H and O–H groups in total. The van der Waals surface area contributed by atoms with Crippen LogP contribution in [0.5, 0.6) is 0 Å². The van der Waals surface area contributed by atoms with Crippen molar-refractivity contribution in [3.8, 4) is 0 Å². The van der Waals surface area contributed by atoms with Gasteiger partial charge in [0, 0.05) is 0 Å². The average Bonchev–Trinajstić information content (AvgIpc) is 2.31. The van der Waals surface area contributed by atoms with Crippen LogP contribution < -0.4 is 4.46 Å². The average molecular weight is 260 g/mol. The van der Waals surface area contributed by atoms with Crippen LogP contribution in [0.25, 0.3) is 6.08 Å². The molecule has 0 bridgehead atoms. The van der Waals surface area contributed by atoms with Gasteiger partial charge in [-0.15, -0.1) is 0 Å². The van der Waals surface area contributed by atoms with Crippen LogP contribution in [0.2, 0.25) is 0 Å². The van der Waals surface area contributed by atoms with Crippen molar-refractivity contribution in [3.63, 3.8) is 0 Å². The van der Waals surface area contributed by atoms with Crippen molar-refractivity contribution in [1.29, 1.82) is 0 Å². The van der Waals surface area contributed by atoms with Crippen LogP contribution in [0, 0.1) is 0 Å². The van der Waals surface area contributed by atoms with Gasteiger partial charge >= 0.3 is 98.0 Å². The number of hydrogen-bond donors (Lipinski definition) is 0. The van der Waals surface area contributed by atoms with E-state index in [0.717, 1.165) is 5.56 Å². The molecule has 0 radical (unpaired) electrons. The molecule has 0 amide bonds. The molecular weight excluding hydrogens is 247 g/mol. The third kappa shape index (κ3) is 3.39. The van der Waals surface area contributed by atoms with Gasteiger partial charge in [0.15, 0.2) is 0 Å². The second kappa shape index (κ2) is 5.55. The molecule has 15 heavy (non-hydrogen) atoms. The third-order valence-electron chi connectivity index (χ3n) is 1.95. The summed E-state index contributed by atoms with van der Waals surface area (Å²) in [7, 11) is 0. The molecule has 74 valence electrons. The Morgan fingerprint density at radius 3 is 2.13 bits per heavy atom.